The second-order valence-electron chi connectivity index (χ2n) is 14.8. The van der Waals surface area contributed by atoms with Crippen LogP contribution in [0.3, 0.4) is 0 Å². The van der Waals surface area contributed by atoms with Crippen molar-refractivity contribution >= 4 is 0 Å². The van der Waals surface area contributed by atoms with Gasteiger partial charge in [-0.1, -0.05) is 0 Å². The van der Waals surface area contributed by atoms with E-state index in [1.807, 2.05) is 0 Å². The fourth-order valence-corrected chi connectivity index (χ4v) is 7.55. The summed E-state index contributed by atoms with van der Waals surface area (Å²) in [4.78, 5) is 0. The van der Waals surface area contributed by atoms with E-state index in [0.717, 1.165) is 0 Å². The highest BCUT2D eigenvalue weighted by atomic mass is 16.8. The summed E-state index contributed by atoms with van der Waals surface area (Å²) in [6, 6.07) is 0. The zero-order chi connectivity index (χ0) is 42.7. The van der Waals surface area contributed by atoms with Crippen LogP contribution in [0, 0.1) is 0 Å². The molecule has 344 valence electrons. The molecule has 25 heteroatoms. The lowest BCUT2D eigenvalue weighted by atomic mass is 10.0. The van der Waals surface area contributed by atoms with Gasteiger partial charge >= 0.3 is 0 Å². The largest absolute Gasteiger partial charge is 0.394 e. The van der Waals surface area contributed by atoms with Gasteiger partial charge in [-0.25, -0.2) is 0 Å². The number of hydrogen-bond donors (Lipinski definition) is 12. The molecule has 0 aliphatic carbocycles. The molecule has 24 unspecified atom stereocenters. The van der Waals surface area contributed by atoms with E-state index in [1.54, 1.807) is 13.8 Å². The Balaban J connectivity index is 1.10. The van der Waals surface area contributed by atoms with E-state index >= 15 is 0 Å². The summed E-state index contributed by atoms with van der Waals surface area (Å²) < 4.78 is 73.6. The van der Waals surface area contributed by atoms with Crippen LogP contribution < -0.4 is 0 Å². The number of aliphatic hydroxyl groups excluding tert-OH is 12. The number of ether oxygens (including phenoxy) is 13. The van der Waals surface area contributed by atoms with E-state index in [0.29, 0.717) is 0 Å². The average Bonchev–Trinajstić information content (AvgIpc) is 3.66. The van der Waals surface area contributed by atoms with Crippen LogP contribution in [0.25, 0.3) is 0 Å². The Labute approximate surface area is 337 Å². The van der Waals surface area contributed by atoms with E-state index in [1.165, 1.54) is 0 Å². The van der Waals surface area contributed by atoms with Crippen LogP contribution in [0.1, 0.15) is 13.8 Å². The lowest BCUT2D eigenvalue weighted by Gasteiger charge is -2.46. The van der Waals surface area contributed by atoms with Crippen molar-refractivity contribution in [2.24, 2.45) is 0 Å². The summed E-state index contributed by atoms with van der Waals surface area (Å²) in [5.74, 6) is 0. The molecule has 6 aliphatic heterocycles. The van der Waals surface area contributed by atoms with Gasteiger partial charge in [0.25, 0.3) is 0 Å². The minimum absolute atomic E-state index is 0.132. The Kier molecular flexibility index (Phi) is 17.0. The first-order chi connectivity index (χ1) is 28.2. The van der Waals surface area contributed by atoms with Gasteiger partial charge in [0.05, 0.1) is 39.6 Å². The van der Waals surface area contributed by atoms with Crippen LogP contribution in [-0.4, -0.2) is 262 Å². The van der Waals surface area contributed by atoms with E-state index in [-0.39, 0.29) is 26.4 Å². The van der Waals surface area contributed by atoms with Crippen LogP contribution in [0.2, 0.25) is 0 Å². The predicted molar refractivity (Wildman–Crippen MR) is 182 cm³/mol. The number of rotatable bonds is 16. The molecule has 59 heavy (non-hydrogen) atoms. The SMILES string of the molecule is CCOC1COC(OC2COC(OC3COC(OC4COC(OCC)C(O)C4OC4OC(CO)C(O)C4O)C(O)C3O)C(O)C2OC2OC(CO)C(O)C2O)C(O)C1O. The van der Waals surface area contributed by atoms with Gasteiger partial charge in [-0.3, -0.25) is 0 Å². The molecule has 0 aromatic heterocycles. The summed E-state index contributed by atoms with van der Waals surface area (Å²) in [7, 11) is 0. The molecule has 25 nitrogen and oxygen atoms in total. The molecule has 0 spiro atoms. The number of hydrogen-bond acceptors (Lipinski definition) is 25. The van der Waals surface area contributed by atoms with Gasteiger partial charge in [-0.05, 0) is 13.8 Å². The molecule has 6 rings (SSSR count). The fraction of sp³-hybridized carbons (Fsp3) is 1.00. The monoisotopic (exact) mass is 866 g/mol. The van der Waals surface area contributed by atoms with Crippen LogP contribution in [0.4, 0.5) is 0 Å². The predicted octanol–water partition coefficient (Wildman–Crippen LogP) is -8.18. The molecule has 0 bridgehead atoms. The quantitative estimate of drug-likeness (QED) is 0.0685. The van der Waals surface area contributed by atoms with Gasteiger partial charge in [0.1, 0.15) is 110 Å². The van der Waals surface area contributed by atoms with Gasteiger partial charge in [0.2, 0.25) is 0 Å². The van der Waals surface area contributed by atoms with E-state index in [9.17, 15) is 61.3 Å². The minimum atomic E-state index is -1.86. The van der Waals surface area contributed by atoms with Crippen LogP contribution in [0.5, 0.6) is 0 Å². The second-order valence-corrected chi connectivity index (χ2v) is 14.8. The van der Waals surface area contributed by atoms with Crippen LogP contribution in [-0.2, 0) is 61.6 Å². The van der Waals surface area contributed by atoms with Gasteiger partial charge < -0.3 is 123 Å². The first kappa shape index (κ1) is 47.5. The summed E-state index contributed by atoms with van der Waals surface area (Å²) in [6.07, 6.45) is -35.8. The lowest BCUT2D eigenvalue weighted by Crippen LogP contribution is -2.63. The van der Waals surface area contributed by atoms with Crippen molar-refractivity contribution in [2.75, 3.05) is 52.9 Å². The Morgan fingerprint density at radius 1 is 0.373 bits per heavy atom. The van der Waals surface area contributed by atoms with Crippen molar-refractivity contribution in [3.63, 3.8) is 0 Å². The third-order valence-electron chi connectivity index (χ3n) is 10.9. The highest BCUT2D eigenvalue weighted by Crippen LogP contribution is 2.34. The lowest BCUT2D eigenvalue weighted by molar-refractivity contribution is -0.371. The minimum Gasteiger partial charge on any atom is -0.394 e. The van der Waals surface area contributed by atoms with Crippen molar-refractivity contribution in [3.8, 4) is 0 Å². The molecular formula is C34H58O25. The Bertz CT molecular complexity index is 1270. The molecule has 0 aromatic rings. The maximum absolute atomic E-state index is 11.5. The Hall–Kier alpha value is -1.00. The molecule has 6 fully saturated rings. The second kappa shape index (κ2) is 21.1. The first-order valence-corrected chi connectivity index (χ1v) is 19.5. The van der Waals surface area contributed by atoms with Crippen LogP contribution >= 0.6 is 0 Å². The van der Waals surface area contributed by atoms with Crippen LogP contribution in [0.15, 0.2) is 0 Å². The van der Waals surface area contributed by atoms with Gasteiger partial charge in [0.15, 0.2) is 37.7 Å². The third kappa shape index (κ3) is 10.4. The Morgan fingerprint density at radius 2 is 0.729 bits per heavy atom. The maximum Gasteiger partial charge on any atom is 0.187 e. The summed E-state index contributed by atoms with van der Waals surface area (Å²) >= 11 is 0. The van der Waals surface area contributed by atoms with E-state index < -0.39 is 174 Å². The standard InChI is InChI=1S/C34H58O25/c1-3-47-13-7-50-30(21(41)19(13)39)57-16-10-52-32(26(46)28(16)59-34-24(44)18(38)12(6-36)54-34)55-14-8-51-31(22(42)20(14)40)56-15-9-49-29(48-4-2)25(45)27(15)58-33-23(43)17(37)11(5-35)53-33/h11-46H,3-10H2,1-2H3. The molecule has 0 amide bonds. The molecule has 0 aromatic carbocycles. The van der Waals surface area contributed by atoms with Crippen molar-refractivity contribution in [3.05, 3.63) is 0 Å². The molecule has 24 atom stereocenters. The topological polar surface area (TPSA) is 363 Å². The van der Waals surface area contributed by atoms with Crippen molar-refractivity contribution in [1.82, 2.24) is 0 Å². The molecular weight excluding hydrogens is 808 g/mol. The highest BCUT2D eigenvalue weighted by molar-refractivity contribution is 4.95. The molecule has 0 saturated carbocycles. The fourth-order valence-electron chi connectivity index (χ4n) is 7.55. The molecule has 6 aliphatic rings. The molecule has 12 N–H and O–H groups in total. The molecule has 6 heterocycles. The molecule has 6 saturated heterocycles. The summed E-state index contributed by atoms with van der Waals surface area (Å²) in [5, 5.41) is 127. The van der Waals surface area contributed by atoms with Crippen molar-refractivity contribution in [2.45, 2.75) is 161 Å². The summed E-state index contributed by atoms with van der Waals surface area (Å²) in [6.45, 7) is 0.938. The number of aliphatic hydroxyl groups is 12. The zero-order valence-electron chi connectivity index (χ0n) is 32.2. The highest BCUT2D eigenvalue weighted by Gasteiger charge is 2.54. The first-order valence-electron chi connectivity index (χ1n) is 19.5. The van der Waals surface area contributed by atoms with Gasteiger partial charge in [-0.15, -0.1) is 0 Å². The van der Waals surface area contributed by atoms with E-state index in [4.69, 9.17) is 61.6 Å². The normalized spacial score (nSPS) is 50.9. The average molecular weight is 867 g/mol. The van der Waals surface area contributed by atoms with Crippen molar-refractivity contribution in [1.29, 1.82) is 0 Å². The smallest absolute Gasteiger partial charge is 0.187 e. The third-order valence-corrected chi connectivity index (χ3v) is 10.9. The maximum atomic E-state index is 11.5. The van der Waals surface area contributed by atoms with Crippen molar-refractivity contribution < 1.29 is 123 Å². The Morgan fingerprint density at radius 3 is 1.17 bits per heavy atom. The molecule has 0 radical (unpaired) electrons. The van der Waals surface area contributed by atoms with E-state index in [2.05, 4.69) is 0 Å². The van der Waals surface area contributed by atoms with Gasteiger partial charge in [-0.2, -0.15) is 0 Å². The zero-order valence-corrected chi connectivity index (χ0v) is 32.2. The van der Waals surface area contributed by atoms with Gasteiger partial charge in [0, 0.05) is 13.2 Å². The summed E-state index contributed by atoms with van der Waals surface area (Å²) in [5.41, 5.74) is 0.